The third kappa shape index (κ3) is 17.7. The van der Waals surface area contributed by atoms with E-state index in [1.165, 1.54) is 0 Å². The summed E-state index contributed by atoms with van der Waals surface area (Å²) in [6, 6.07) is 4.35. The Morgan fingerprint density at radius 3 is 2.11 bits per heavy atom. The fourth-order valence-corrected chi connectivity index (χ4v) is 5.32. The fourth-order valence-electron chi connectivity index (χ4n) is 5.32. The predicted octanol–water partition coefficient (Wildman–Crippen LogP) is 1.49. The number of imide groups is 1. The van der Waals surface area contributed by atoms with E-state index in [0.29, 0.717) is 30.5 Å². The number of primary amides is 1. The molecular weight excluding hydrogens is 700 g/mol. The van der Waals surface area contributed by atoms with Crippen molar-refractivity contribution in [3.8, 4) is 0 Å². The van der Waals surface area contributed by atoms with E-state index in [4.69, 9.17) is 15.2 Å². The summed E-state index contributed by atoms with van der Waals surface area (Å²) >= 11 is 0. The topological polar surface area (TPSA) is 232 Å². The van der Waals surface area contributed by atoms with Gasteiger partial charge in [-0.3, -0.25) is 33.7 Å². The fraction of sp³-hybridized carbons (Fsp3) is 0.579. The number of nitrogens with two attached hydrogens (primary N) is 1. The standard InChI is InChI=1S/C38H56N6O10/c1-25(2)34(41-18-6-8-28(45)17-22-53-23-20-40-31(47)16-21-44-32(48)14-15-33(44)49)35(50)43-29(9-7-19-42-37(39)52)30(46)24-26-10-12-27(13-11-26)36(51)54-38(3,4)5/h10-15,25,29,34,41H,6-9,16-24H2,1-5H3,(H,40,47)(H,43,50)(H3,39,42,52)/t29-,34+/m0/s1. The van der Waals surface area contributed by atoms with Gasteiger partial charge in [0.05, 0.1) is 30.9 Å². The van der Waals surface area contributed by atoms with Crippen molar-refractivity contribution >= 4 is 47.2 Å². The van der Waals surface area contributed by atoms with Crippen molar-refractivity contribution in [2.24, 2.45) is 11.7 Å². The molecule has 2 rings (SSSR count). The minimum absolute atomic E-state index is 0.00258. The third-order valence-electron chi connectivity index (χ3n) is 8.14. The summed E-state index contributed by atoms with van der Waals surface area (Å²) in [7, 11) is 0. The number of esters is 1. The number of hydrogen-bond donors (Lipinski definition) is 5. The highest BCUT2D eigenvalue weighted by Crippen LogP contribution is 2.15. The molecule has 0 aliphatic carbocycles. The Morgan fingerprint density at radius 2 is 1.50 bits per heavy atom. The van der Waals surface area contributed by atoms with Gasteiger partial charge in [-0.15, -0.1) is 0 Å². The molecular formula is C38H56N6O10. The Hall–Kier alpha value is -4.96. The zero-order valence-corrected chi connectivity index (χ0v) is 32.0. The van der Waals surface area contributed by atoms with Crippen LogP contribution in [0.4, 0.5) is 4.79 Å². The number of amides is 6. The van der Waals surface area contributed by atoms with Gasteiger partial charge in [-0.2, -0.15) is 0 Å². The lowest BCUT2D eigenvalue weighted by Gasteiger charge is -2.25. The summed E-state index contributed by atoms with van der Waals surface area (Å²) in [6.45, 7) is 10.3. The van der Waals surface area contributed by atoms with Gasteiger partial charge in [0.1, 0.15) is 11.4 Å². The molecule has 0 saturated carbocycles. The summed E-state index contributed by atoms with van der Waals surface area (Å²) in [5.41, 5.74) is 5.53. The molecule has 16 nitrogen and oxygen atoms in total. The minimum Gasteiger partial charge on any atom is -0.456 e. The SMILES string of the molecule is CC(C)[C@@H](NCCCC(=O)CCOCCNC(=O)CCN1C(=O)C=CC1=O)C(=O)N[C@@H](CCCNC(N)=O)C(=O)Cc1ccc(C(=O)OC(C)(C)C)cc1. The summed E-state index contributed by atoms with van der Waals surface area (Å²) < 4.78 is 10.8. The third-order valence-corrected chi connectivity index (χ3v) is 8.14. The number of carbonyl (C=O) groups excluding carboxylic acids is 8. The van der Waals surface area contributed by atoms with Crippen molar-refractivity contribution in [1.29, 1.82) is 0 Å². The number of nitrogens with zero attached hydrogens (tertiary/aromatic N) is 1. The number of ether oxygens (including phenoxy) is 2. The Morgan fingerprint density at radius 1 is 0.833 bits per heavy atom. The maximum Gasteiger partial charge on any atom is 0.338 e. The van der Waals surface area contributed by atoms with Gasteiger partial charge in [-0.1, -0.05) is 26.0 Å². The van der Waals surface area contributed by atoms with Crippen molar-refractivity contribution in [3.05, 3.63) is 47.5 Å². The molecule has 6 amide bonds. The molecule has 16 heteroatoms. The van der Waals surface area contributed by atoms with Gasteiger partial charge in [0.25, 0.3) is 11.8 Å². The Bertz CT molecular complexity index is 1480. The van der Waals surface area contributed by atoms with Gasteiger partial charge >= 0.3 is 12.0 Å². The van der Waals surface area contributed by atoms with Gasteiger partial charge in [-0.25, -0.2) is 9.59 Å². The number of nitrogens with one attached hydrogen (secondary N) is 4. The van der Waals surface area contributed by atoms with E-state index in [-0.39, 0.29) is 94.3 Å². The first-order valence-corrected chi connectivity index (χ1v) is 18.3. The summed E-state index contributed by atoms with van der Waals surface area (Å²) in [4.78, 5) is 98.8. The van der Waals surface area contributed by atoms with Crippen molar-refractivity contribution < 1.29 is 47.8 Å². The normalized spacial score (nSPS) is 13.8. The van der Waals surface area contributed by atoms with E-state index < -0.39 is 41.5 Å². The molecule has 54 heavy (non-hydrogen) atoms. The number of hydrogen-bond acceptors (Lipinski definition) is 11. The van der Waals surface area contributed by atoms with Gasteiger partial charge < -0.3 is 36.5 Å². The van der Waals surface area contributed by atoms with Crippen molar-refractivity contribution in [1.82, 2.24) is 26.2 Å². The summed E-state index contributed by atoms with van der Waals surface area (Å²) in [5, 5.41) is 11.2. The van der Waals surface area contributed by atoms with Gasteiger partial charge in [0.2, 0.25) is 11.8 Å². The number of ketones is 2. The van der Waals surface area contributed by atoms with Crippen LogP contribution < -0.4 is 27.0 Å². The van der Waals surface area contributed by atoms with Crippen LogP contribution in [0.25, 0.3) is 0 Å². The number of benzene rings is 1. The van der Waals surface area contributed by atoms with Crippen LogP contribution in [0.15, 0.2) is 36.4 Å². The van der Waals surface area contributed by atoms with Crippen LogP contribution in [-0.2, 0) is 44.7 Å². The predicted molar refractivity (Wildman–Crippen MR) is 199 cm³/mol. The van der Waals surface area contributed by atoms with E-state index in [9.17, 15) is 38.4 Å². The van der Waals surface area contributed by atoms with E-state index in [1.54, 1.807) is 45.0 Å². The van der Waals surface area contributed by atoms with Crippen molar-refractivity contribution in [3.63, 3.8) is 0 Å². The molecule has 0 spiro atoms. The minimum atomic E-state index is -0.848. The van der Waals surface area contributed by atoms with E-state index in [2.05, 4.69) is 21.3 Å². The Balaban J connectivity index is 1.77. The average Bonchev–Trinajstić information content (AvgIpc) is 3.41. The molecule has 0 saturated heterocycles. The van der Waals surface area contributed by atoms with Gasteiger partial charge in [-0.05, 0) is 70.2 Å². The summed E-state index contributed by atoms with van der Waals surface area (Å²) in [5.74, 6) is -2.45. The maximum atomic E-state index is 13.4. The molecule has 0 unspecified atom stereocenters. The molecule has 0 bridgehead atoms. The molecule has 1 aliphatic rings. The van der Waals surface area contributed by atoms with E-state index >= 15 is 0 Å². The number of urea groups is 1. The van der Waals surface area contributed by atoms with Crippen LogP contribution in [-0.4, -0.2) is 109 Å². The van der Waals surface area contributed by atoms with Crippen LogP contribution >= 0.6 is 0 Å². The second-order valence-electron chi connectivity index (χ2n) is 14.3. The molecule has 0 radical (unpaired) electrons. The highest BCUT2D eigenvalue weighted by molar-refractivity contribution is 6.13. The molecule has 2 atom stereocenters. The number of Topliss-reactive ketones (excluding diaryl/α,β-unsaturated/α-hetero) is 2. The van der Waals surface area contributed by atoms with Gasteiger partial charge in [0.15, 0.2) is 5.78 Å². The first-order valence-electron chi connectivity index (χ1n) is 18.3. The lowest BCUT2D eigenvalue weighted by atomic mass is 9.97. The first-order chi connectivity index (χ1) is 25.5. The number of carbonyl (C=O) groups is 8. The Kier molecular flexibility index (Phi) is 19.2. The van der Waals surface area contributed by atoms with Crippen molar-refractivity contribution in [2.75, 3.05) is 39.4 Å². The number of rotatable bonds is 25. The largest absolute Gasteiger partial charge is 0.456 e. The molecule has 1 aromatic carbocycles. The monoisotopic (exact) mass is 756 g/mol. The van der Waals surface area contributed by atoms with Crippen molar-refractivity contribution in [2.45, 2.75) is 97.2 Å². The van der Waals surface area contributed by atoms with Crippen LogP contribution in [0.1, 0.15) is 89.1 Å². The molecule has 1 aliphatic heterocycles. The van der Waals surface area contributed by atoms with Crippen LogP contribution in [0.5, 0.6) is 0 Å². The second-order valence-corrected chi connectivity index (χ2v) is 14.3. The average molecular weight is 757 g/mol. The van der Waals surface area contributed by atoms with E-state index in [1.807, 2.05) is 13.8 Å². The molecule has 6 N–H and O–H groups in total. The quantitative estimate of drug-likeness (QED) is 0.0545. The van der Waals surface area contributed by atoms with Crippen LogP contribution in [0.3, 0.4) is 0 Å². The molecule has 1 heterocycles. The molecule has 0 fully saturated rings. The lowest BCUT2D eigenvalue weighted by Crippen LogP contribution is -2.52. The highest BCUT2D eigenvalue weighted by Gasteiger charge is 2.28. The van der Waals surface area contributed by atoms with Gasteiger partial charge in [0, 0.05) is 57.5 Å². The zero-order chi connectivity index (χ0) is 40.3. The first kappa shape index (κ1) is 45.2. The smallest absolute Gasteiger partial charge is 0.338 e. The molecule has 298 valence electrons. The Labute approximate surface area is 316 Å². The summed E-state index contributed by atoms with van der Waals surface area (Å²) in [6.07, 6.45) is 3.89. The second kappa shape index (κ2) is 23.0. The van der Waals surface area contributed by atoms with Crippen LogP contribution in [0, 0.1) is 5.92 Å². The van der Waals surface area contributed by atoms with Crippen LogP contribution in [0.2, 0.25) is 0 Å². The molecule has 0 aromatic heterocycles. The maximum absolute atomic E-state index is 13.4. The lowest BCUT2D eigenvalue weighted by molar-refractivity contribution is -0.137. The zero-order valence-electron chi connectivity index (χ0n) is 32.0. The highest BCUT2D eigenvalue weighted by atomic mass is 16.6. The molecule has 1 aromatic rings. The van der Waals surface area contributed by atoms with E-state index in [0.717, 1.165) is 17.1 Å².